The van der Waals surface area contributed by atoms with Gasteiger partial charge in [-0.3, -0.25) is 0 Å². The van der Waals surface area contributed by atoms with Gasteiger partial charge < -0.3 is 0 Å². The second kappa shape index (κ2) is 91.8. The molecule has 1 aliphatic rings. The van der Waals surface area contributed by atoms with E-state index in [4.69, 9.17) is 6.42 Å². The summed E-state index contributed by atoms with van der Waals surface area (Å²) in [6.45, 7) is 29.6. The highest BCUT2D eigenvalue weighted by Gasteiger charge is 2.13. The molecule has 156 valence electrons. The Labute approximate surface area is 165 Å². The number of allylic oxidation sites excluding steroid dienone is 3. The van der Waals surface area contributed by atoms with Gasteiger partial charge in [0.25, 0.3) is 0 Å². The lowest BCUT2D eigenvalue weighted by Gasteiger charge is -2.22. The molecule has 0 aromatic carbocycles. The fraction of sp³-hybridized carbons (Fsp3) is 0.760. The number of hydrogen-bond donors (Lipinski definition) is 0. The molecule has 0 aromatic heterocycles. The molecule has 0 heterocycles. The van der Waals surface area contributed by atoms with Crippen molar-refractivity contribution < 1.29 is 0 Å². The predicted molar refractivity (Wildman–Crippen MR) is 129 cm³/mol. The van der Waals surface area contributed by atoms with Crippen LogP contribution in [0.1, 0.15) is 122 Å². The van der Waals surface area contributed by atoms with Crippen LogP contribution in [0.3, 0.4) is 0 Å². The maximum Gasteiger partial charge on any atom is 0.00576 e. The van der Waals surface area contributed by atoms with E-state index in [9.17, 15) is 0 Å². The SMILES string of the molecule is C#CCC.C=CC=CC.CC.CC.CC.CC.CC.CCC1CCC1. The highest BCUT2D eigenvalue weighted by atomic mass is 14.2. The first kappa shape index (κ1) is 44.0. The van der Waals surface area contributed by atoms with Gasteiger partial charge in [0.05, 0.1) is 0 Å². The molecular formula is C25H56. The van der Waals surface area contributed by atoms with Gasteiger partial charge in [0.15, 0.2) is 0 Å². The quantitative estimate of drug-likeness (QED) is 0.341. The largest absolute Gasteiger partial charge is 0.120 e. The molecule has 0 aliphatic heterocycles. The first-order valence-electron chi connectivity index (χ1n) is 10.9. The molecule has 0 unspecified atom stereocenters. The van der Waals surface area contributed by atoms with Crippen LogP contribution in [0.4, 0.5) is 0 Å². The summed E-state index contributed by atoms with van der Waals surface area (Å²) in [6, 6.07) is 0. The minimum atomic E-state index is 0.847. The molecule has 0 nitrogen and oxygen atoms in total. The smallest absolute Gasteiger partial charge is 0.00576 e. The molecule has 1 fully saturated rings. The van der Waals surface area contributed by atoms with Crippen molar-refractivity contribution in [1.82, 2.24) is 0 Å². The maximum absolute atomic E-state index is 4.78. The van der Waals surface area contributed by atoms with E-state index in [2.05, 4.69) is 19.4 Å². The molecule has 0 spiro atoms. The van der Waals surface area contributed by atoms with Gasteiger partial charge in [0.2, 0.25) is 0 Å². The lowest BCUT2D eigenvalue weighted by atomic mass is 9.84. The molecule has 0 amide bonds. The summed E-state index contributed by atoms with van der Waals surface area (Å²) in [5.41, 5.74) is 0. The van der Waals surface area contributed by atoms with Crippen LogP contribution in [0.15, 0.2) is 24.8 Å². The molecular weight excluding hydrogens is 300 g/mol. The van der Waals surface area contributed by atoms with Crippen molar-refractivity contribution in [2.24, 2.45) is 5.92 Å². The second-order valence-corrected chi connectivity index (χ2v) is 3.52. The first-order valence-corrected chi connectivity index (χ1v) is 10.9. The van der Waals surface area contributed by atoms with Crippen LogP contribution in [0, 0.1) is 18.3 Å². The van der Waals surface area contributed by atoms with E-state index in [1.165, 1.54) is 25.7 Å². The second-order valence-electron chi connectivity index (χ2n) is 3.52. The van der Waals surface area contributed by atoms with Crippen molar-refractivity contribution in [3.05, 3.63) is 24.8 Å². The van der Waals surface area contributed by atoms with E-state index in [-0.39, 0.29) is 0 Å². The van der Waals surface area contributed by atoms with Gasteiger partial charge in [-0.25, -0.2) is 0 Å². The third-order valence-electron chi connectivity index (χ3n) is 2.33. The molecule has 0 heteroatoms. The van der Waals surface area contributed by atoms with Crippen LogP contribution in [-0.2, 0) is 0 Å². The standard InChI is InChI=1S/C6H12.C5H8.C4H6.5C2H6/c1-2-6-4-3-5-6;1-3-5-4-2;1-3-4-2;5*1-2/h6H,2-5H2,1H3;3-5H,1H2,2H3;1H,4H2,2H3;5*1-2H3. The number of terminal acetylenes is 1. The van der Waals surface area contributed by atoms with E-state index in [1.807, 2.05) is 95.2 Å². The molecule has 0 N–H and O–H groups in total. The molecule has 0 aromatic rings. The fourth-order valence-electron chi connectivity index (χ4n) is 1.04. The molecule has 25 heavy (non-hydrogen) atoms. The zero-order valence-electron chi connectivity index (χ0n) is 20.6. The Morgan fingerprint density at radius 2 is 1.20 bits per heavy atom. The molecule has 0 atom stereocenters. The van der Waals surface area contributed by atoms with Crippen LogP contribution in [0.5, 0.6) is 0 Å². The lowest BCUT2D eigenvalue weighted by molar-refractivity contribution is 0.307. The Bertz CT molecular complexity index is 174. The molecule has 1 aliphatic carbocycles. The summed E-state index contributed by atoms with van der Waals surface area (Å²) >= 11 is 0. The van der Waals surface area contributed by atoms with Gasteiger partial charge >= 0.3 is 0 Å². The Kier molecular flexibility index (Phi) is 161. The van der Waals surface area contributed by atoms with Crippen molar-refractivity contribution >= 4 is 0 Å². The normalized spacial score (nSPS) is 9.44. The van der Waals surface area contributed by atoms with Gasteiger partial charge in [0.1, 0.15) is 0 Å². The third-order valence-corrected chi connectivity index (χ3v) is 2.33. The fourth-order valence-corrected chi connectivity index (χ4v) is 1.04. The monoisotopic (exact) mass is 356 g/mol. The number of hydrogen-bond acceptors (Lipinski definition) is 0. The van der Waals surface area contributed by atoms with Crippen LogP contribution < -0.4 is 0 Å². The summed E-state index contributed by atoms with van der Waals surface area (Å²) in [4.78, 5) is 0. The topological polar surface area (TPSA) is 0 Å². The van der Waals surface area contributed by atoms with Crippen LogP contribution in [0.2, 0.25) is 0 Å². The molecule has 0 radical (unpaired) electrons. The van der Waals surface area contributed by atoms with Gasteiger partial charge in [0, 0.05) is 6.42 Å². The molecule has 1 saturated carbocycles. The van der Waals surface area contributed by atoms with E-state index < -0.39 is 0 Å². The van der Waals surface area contributed by atoms with Crippen LogP contribution in [-0.4, -0.2) is 0 Å². The average molecular weight is 357 g/mol. The highest BCUT2D eigenvalue weighted by Crippen LogP contribution is 2.28. The van der Waals surface area contributed by atoms with E-state index in [0.29, 0.717) is 0 Å². The summed E-state index contributed by atoms with van der Waals surface area (Å²) in [5, 5.41) is 0. The zero-order chi connectivity index (χ0) is 21.9. The lowest BCUT2D eigenvalue weighted by Crippen LogP contribution is -2.08. The third kappa shape index (κ3) is 101. The molecule has 0 saturated heterocycles. The molecule has 0 bridgehead atoms. The Morgan fingerprint density at radius 1 is 0.880 bits per heavy atom. The van der Waals surface area contributed by atoms with E-state index >= 15 is 0 Å². The van der Waals surface area contributed by atoms with Gasteiger partial charge in [-0.15, -0.1) is 12.3 Å². The van der Waals surface area contributed by atoms with Crippen molar-refractivity contribution in [1.29, 1.82) is 0 Å². The maximum atomic E-state index is 4.78. The first-order chi connectivity index (χ1) is 12.3. The summed E-state index contributed by atoms with van der Waals surface area (Å²) in [5.74, 6) is 3.55. The Hall–Kier alpha value is -0.960. The molecule has 1 rings (SSSR count). The van der Waals surface area contributed by atoms with E-state index in [0.717, 1.165) is 12.3 Å². The summed E-state index contributed by atoms with van der Waals surface area (Å²) < 4.78 is 0. The Balaban J connectivity index is -0.0000000315. The predicted octanol–water partition coefficient (Wildman–Crippen LogP) is 10.1. The van der Waals surface area contributed by atoms with Gasteiger partial charge in [-0.05, 0) is 12.8 Å². The minimum absolute atomic E-state index is 0.847. The van der Waals surface area contributed by atoms with Gasteiger partial charge in [-0.2, -0.15) is 0 Å². The van der Waals surface area contributed by atoms with Gasteiger partial charge in [-0.1, -0.05) is 134 Å². The average Bonchev–Trinajstić information content (AvgIpc) is 2.70. The van der Waals surface area contributed by atoms with E-state index in [1.54, 1.807) is 6.08 Å². The Morgan fingerprint density at radius 3 is 1.20 bits per heavy atom. The van der Waals surface area contributed by atoms with Crippen molar-refractivity contribution in [2.45, 2.75) is 122 Å². The van der Waals surface area contributed by atoms with Crippen LogP contribution >= 0.6 is 0 Å². The van der Waals surface area contributed by atoms with Crippen molar-refractivity contribution in [3.8, 4) is 12.3 Å². The highest BCUT2D eigenvalue weighted by molar-refractivity contribution is 4.94. The van der Waals surface area contributed by atoms with Crippen molar-refractivity contribution in [3.63, 3.8) is 0 Å². The zero-order valence-corrected chi connectivity index (χ0v) is 20.6. The summed E-state index contributed by atoms with van der Waals surface area (Å²) in [6.07, 6.45) is 17.1. The minimum Gasteiger partial charge on any atom is -0.120 e. The number of rotatable bonds is 2. The van der Waals surface area contributed by atoms with Crippen molar-refractivity contribution in [2.75, 3.05) is 0 Å². The summed E-state index contributed by atoms with van der Waals surface area (Å²) in [7, 11) is 0. The van der Waals surface area contributed by atoms with Crippen LogP contribution in [0.25, 0.3) is 0 Å².